The third kappa shape index (κ3) is 5.85. The van der Waals surface area contributed by atoms with Crippen LogP contribution in [0.5, 0.6) is 0 Å². The van der Waals surface area contributed by atoms with Crippen molar-refractivity contribution >= 4 is 0 Å². The summed E-state index contributed by atoms with van der Waals surface area (Å²) in [6.45, 7) is 8.16. The SMILES string of the molecule is COCCOCCCN1CC(C2CCCCC2)NCC1C. The Morgan fingerprint density at radius 2 is 1.90 bits per heavy atom. The van der Waals surface area contributed by atoms with Crippen LogP contribution < -0.4 is 5.32 Å². The van der Waals surface area contributed by atoms with Crippen LogP contribution in [0, 0.1) is 5.92 Å². The van der Waals surface area contributed by atoms with Crippen molar-refractivity contribution in [2.75, 3.05) is 46.6 Å². The summed E-state index contributed by atoms with van der Waals surface area (Å²) in [5.41, 5.74) is 0. The van der Waals surface area contributed by atoms with Gasteiger partial charge in [-0.1, -0.05) is 19.3 Å². The van der Waals surface area contributed by atoms with Crippen LogP contribution in [0.15, 0.2) is 0 Å². The molecule has 0 spiro atoms. The molecule has 2 unspecified atom stereocenters. The van der Waals surface area contributed by atoms with Crippen molar-refractivity contribution in [2.45, 2.75) is 57.5 Å². The van der Waals surface area contributed by atoms with Gasteiger partial charge in [-0.2, -0.15) is 0 Å². The molecule has 1 N–H and O–H groups in total. The molecule has 0 aromatic heterocycles. The Morgan fingerprint density at radius 1 is 1.10 bits per heavy atom. The third-order valence-electron chi connectivity index (χ3n) is 5.11. The highest BCUT2D eigenvalue weighted by Crippen LogP contribution is 2.28. The lowest BCUT2D eigenvalue weighted by Crippen LogP contribution is -2.58. The molecule has 4 nitrogen and oxygen atoms in total. The Morgan fingerprint density at radius 3 is 2.67 bits per heavy atom. The topological polar surface area (TPSA) is 33.7 Å². The molecule has 4 heteroatoms. The lowest BCUT2D eigenvalue weighted by molar-refractivity contribution is 0.0551. The Balaban J connectivity index is 1.65. The fraction of sp³-hybridized carbons (Fsp3) is 1.00. The highest BCUT2D eigenvalue weighted by molar-refractivity contribution is 4.89. The van der Waals surface area contributed by atoms with Gasteiger partial charge in [-0.25, -0.2) is 0 Å². The van der Waals surface area contributed by atoms with Crippen LogP contribution in [0.1, 0.15) is 45.4 Å². The lowest BCUT2D eigenvalue weighted by atomic mass is 9.82. The molecule has 1 saturated heterocycles. The minimum atomic E-state index is 0.656. The van der Waals surface area contributed by atoms with Gasteiger partial charge < -0.3 is 14.8 Å². The normalized spacial score (nSPS) is 28.9. The lowest BCUT2D eigenvalue weighted by Gasteiger charge is -2.43. The quantitative estimate of drug-likeness (QED) is 0.697. The standard InChI is InChI=1S/C17H34N2O2/c1-15-13-18-17(16-7-4-3-5-8-16)14-19(15)9-6-10-21-12-11-20-2/h15-18H,3-14H2,1-2H3. The molecule has 1 heterocycles. The maximum Gasteiger partial charge on any atom is 0.0700 e. The average Bonchev–Trinajstić information content (AvgIpc) is 2.53. The Hall–Kier alpha value is -0.160. The van der Waals surface area contributed by atoms with Crippen LogP contribution in [-0.2, 0) is 9.47 Å². The number of nitrogens with zero attached hydrogens (tertiary/aromatic N) is 1. The first kappa shape index (κ1) is 17.2. The molecule has 2 atom stereocenters. The molecular formula is C17H34N2O2. The van der Waals surface area contributed by atoms with Crippen LogP contribution in [0.4, 0.5) is 0 Å². The summed E-state index contributed by atoms with van der Waals surface area (Å²) < 4.78 is 10.6. The van der Waals surface area contributed by atoms with E-state index < -0.39 is 0 Å². The molecule has 1 aliphatic heterocycles. The molecular weight excluding hydrogens is 264 g/mol. The van der Waals surface area contributed by atoms with E-state index in [9.17, 15) is 0 Å². The minimum absolute atomic E-state index is 0.656. The second-order valence-corrected chi connectivity index (χ2v) is 6.72. The van der Waals surface area contributed by atoms with Crippen LogP contribution in [0.2, 0.25) is 0 Å². The molecule has 0 aromatic rings. The van der Waals surface area contributed by atoms with Gasteiger partial charge in [0, 0.05) is 45.4 Å². The molecule has 124 valence electrons. The summed E-state index contributed by atoms with van der Waals surface area (Å²) in [6, 6.07) is 1.37. The van der Waals surface area contributed by atoms with Crippen molar-refractivity contribution in [3.8, 4) is 0 Å². The molecule has 0 aromatic carbocycles. The number of piperazine rings is 1. The monoisotopic (exact) mass is 298 g/mol. The van der Waals surface area contributed by atoms with E-state index in [0.29, 0.717) is 12.6 Å². The summed E-state index contributed by atoms with van der Waals surface area (Å²) in [5.74, 6) is 0.909. The van der Waals surface area contributed by atoms with Crippen molar-refractivity contribution in [1.82, 2.24) is 10.2 Å². The number of hydrogen-bond acceptors (Lipinski definition) is 4. The van der Waals surface area contributed by atoms with Gasteiger partial charge in [0.2, 0.25) is 0 Å². The maximum atomic E-state index is 5.58. The molecule has 0 radical (unpaired) electrons. The highest BCUT2D eigenvalue weighted by atomic mass is 16.5. The smallest absolute Gasteiger partial charge is 0.0700 e. The van der Waals surface area contributed by atoms with Gasteiger partial charge in [-0.05, 0) is 32.1 Å². The molecule has 0 bridgehead atoms. The van der Waals surface area contributed by atoms with Crippen molar-refractivity contribution in [1.29, 1.82) is 0 Å². The first-order valence-electron chi connectivity index (χ1n) is 8.85. The van der Waals surface area contributed by atoms with Gasteiger partial charge in [0.25, 0.3) is 0 Å². The molecule has 2 rings (SSSR count). The van der Waals surface area contributed by atoms with Gasteiger partial charge in [-0.3, -0.25) is 4.90 Å². The first-order valence-corrected chi connectivity index (χ1v) is 8.85. The Kier molecular flexibility index (Phi) is 8.01. The number of rotatable bonds is 8. The van der Waals surface area contributed by atoms with Crippen LogP contribution in [0.25, 0.3) is 0 Å². The number of hydrogen-bond donors (Lipinski definition) is 1. The maximum absolute atomic E-state index is 5.58. The zero-order chi connectivity index (χ0) is 14.9. The van der Waals surface area contributed by atoms with Crippen molar-refractivity contribution in [3.05, 3.63) is 0 Å². The predicted octanol–water partition coefficient (Wildman–Crippen LogP) is 2.28. The molecule has 2 fully saturated rings. The summed E-state index contributed by atoms with van der Waals surface area (Å²) in [6.07, 6.45) is 8.31. The number of nitrogens with one attached hydrogen (secondary N) is 1. The third-order valence-corrected chi connectivity index (χ3v) is 5.11. The zero-order valence-electron chi connectivity index (χ0n) is 14.0. The van der Waals surface area contributed by atoms with Gasteiger partial charge in [0.05, 0.1) is 13.2 Å². The van der Waals surface area contributed by atoms with Gasteiger partial charge in [0.1, 0.15) is 0 Å². The fourth-order valence-electron chi connectivity index (χ4n) is 3.73. The summed E-state index contributed by atoms with van der Waals surface area (Å²) in [5, 5.41) is 3.80. The summed E-state index contributed by atoms with van der Waals surface area (Å²) >= 11 is 0. The van der Waals surface area contributed by atoms with Gasteiger partial charge >= 0.3 is 0 Å². The Labute approximate surface area is 130 Å². The predicted molar refractivity (Wildman–Crippen MR) is 86.7 cm³/mol. The van der Waals surface area contributed by atoms with Crippen molar-refractivity contribution in [2.24, 2.45) is 5.92 Å². The van der Waals surface area contributed by atoms with Crippen LogP contribution in [0.3, 0.4) is 0 Å². The van der Waals surface area contributed by atoms with Gasteiger partial charge in [0.15, 0.2) is 0 Å². The van der Waals surface area contributed by atoms with E-state index >= 15 is 0 Å². The van der Waals surface area contributed by atoms with Crippen molar-refractivity contribution < 1.29 is 9.47 Å². The molecule has 0 amide bonds. The van der Waals surface area contributed by atoms with E-state index in [1.54, 1.807) is 7.11 Å². The van der Waals surface area contributed by atoms with E-state index in [2.05, 4.69) is 17.1 Å². The summed E-state index contributed by atoms with van der Waals surface area (Å²) in [7, 11) is 1.72. The number of methoxy groups -OCH3 is 1. The zero-order valence-corrected chi connectivity index (χ0v) is 14.0. The summed E-state index contributed by atoms with van der Waals surface area (Å²) in [4.78, 5) is 2.66. The molecule has 21 heavy (non-hydrogen) atoms. The minimum Gasteiger partial charge on any atom is -0.382 e. The van der Waals surface area contributed by atoms with Gasteiger partial charge in [-0.15, -0.1) is 0 Å². The largest absolute Gasteiger partial charge is 0.382 e. The van der Waals surface area contributed by atoms with E-state index in [0.717, 1.165) is 38.1 Å². The molecule has 1 aliphatic carbocycles. The fourth-order valence-corrected chi connectivity index (χ4v) is 3.73. The van der Waals surface area contributed by atoms with E-state index in [-0.39, 0.29) is 0 Å². The highest BCUT2D eigenvalue weighted by Gasteiger charge is 2.30. The first-order chi connectivity index (χ1) is 10.3. The average molecular weight is 298 g/mol. The van der Waals surface area contributed by atoms with Crippen LogP contribution in [-0.4, -0.2) is 63.5 Å². The number of ether oxygens (including phenoxy) is 2. The van der Waals surface area contributed by atoms with Crippen LogP contribution >= 0.6 is 0 Å². The Bertz CT molecular complexity index is 270. The second kappa shape index (κ2) is 9.78. The van der Waals surface area contributed by atoms with E-state index in [1.165, 1.54) is 45.2 Å². The van der Waals surface area contributed by atoms with E-state index in [1.807, 2.05) is 0 Å². The second-order valence-electron chi connectivity index (χ2n) is 6.72. The molecule has 2 aliphatic rings. The molecule has 1 saturated carbocycles. The van der Waals surface area contributed by atoms with Crippen molar-refractivity contribution in [3.63, 3.8) is 0 Å². The van der Waals surface area contributed by atoms with E-state index in [4.69, 9.17) is 9.47 Å².